The van der Waals surface area contributed by atoms with Crippen LogP contribution < -0.4 is 14.4 Å². The number of halogens is 1. The number of hydrogen-bond donors (Lipinski definition) is 1. The number of aromatic carboxylic acids is 1. The van der Waals surface area contributed by atoms with Gasteiger partial charge in [-0.25, -0.2) is 4.79 Å². The van der Waals surface area contributed by atoms with Crippen molar-refractivity contribution in [1.29, 1.82) is 0 Å². The zero-order chi connectivity index (χ0) is 19.1. The average Bonchev–Trinajstić information content (AvgIpc) is 3.20. The molecular formula is C18H10BrNO5S2. The summed E-state index contributed by atoms with van der Waals surface area (Å²) in [7, 11) is 0. The van der Waals surface area contributed by atoms with Gasteiger partial charge in [0.2, 0.25) is 6.79 Å². The molecule has 0 aromatic heterocycles. The van der Waals surface area contributed by atoms with Gasteiger partial charge < -0.3 is 14.6 Å². The molecule has 0 saturated carbocycles. The Morgan fingerprint density at radius 3 is 2.89 bits per heavy atom. The largest absolute Gasteiger partial charge is 0.478 e. The van der Waals surface area contributed by atoms with Crippen LogP contribution in [0.15, 0.2) is 45.8 Å². The lowest BCUT2D eigenvalue weighted by molar-refractivity contribution is -0.113. The number of anilines is 1. The van der Waals surface area contributed by atoms with Gasteiger partial charge in [0, 0.05) is 0 Å². The number of carboxylic acids is 1. The Hall–Kier alpha value is -2.36. The minimum absolute atomic E-state index is 0.0882. The molecule has 2 aliphatic rings. The predicted octanol–water partition coefficient (Wildman–Crippen LogP) is 4.28. The van der Waals surface area contributed by atoms with Crippen molar-refractivity contribution in [2.45, 2.75) is 0 Å². The minimum Gasteiger partial charge on any atom is -0.478 e. The number of carboxylic acid groups (broad SMARTS) is 1. The fourth-order valence-electron chi connectivity index (χ4n) is 2.69. The fraction of sp³-hybridized carbons (Fsp3) is 0.0556. The third kappa shape index (κ3) is 3.33. The average molecular weight is 464 g/mol. The van der Waals surface area contributed by atoms with Crippen LogP contribution in [-0.4, -0.2) is 28.1 Å². The van der Waals surface area contributed by atoms with Crippen molar-refractivity contribution < 1.29 is 24.2 Å². The molecule has 0 atom stereocenters. The third-order valence-electron chi connectivity index (χ3n) is 3.89. The monoisotopic (exact) mass is 463 g/mol. The van der Waals surface area contributed by atoms with Crippen LogP contribution >= 0.6 is 39.9 Å². The molecule has 6 nitrogen and oxygen atoms in total. The van der Waals surface area contributed by atoms with Gasteiger partial charge in [-0.05, 0) is 57.9 Å². The Bertz CT molecular complexity index is 1040. The molecule has 1 saturated heterocycles. The summed E-state index contributed by atoms with van der Waals surface area (Å²) in [6, 6.07) is 9.72. The molecule has 2 aliphatic heterocycles. The quantitative estimate of drug-likeness (QED) is 0.537. The van der Waals surface area contributed by atoms with Crippen LogP contribution in [-0.2, 0) is 4.79 Å². The minimum atomic E-state index is -1.07. The van der Waals surface area contributed by atoms with Crippen molar-refractivity contribution in [1.82, 2.24) is 0 Å². The number of carbonyl (C=O) groups excluding carboxylic acids is 1. The van der Waals surface area contributed by atoms with E-state index in [0.717, 1.165) is 21.8 Å². The number of amides is 1. The Morgan fingerprint density at radius 1 is 1.30 bits per heavy atom. The molecule has 1 N–H and O–H groups in total. The number of carbonyl (C=O) groups is 2. The highest BCUT2D eigenvalue weighted by Crippen LogP contribution is 2.42. The zero-order valence-corrected chi connectivity index (χ0v) is 16.7. The van der Waals surface area contributed by atoms with Crippen molar-refractivity contribution >= 4 is 67.9 Å². The summed E-state index contributed by atoms with van der Waals surface area (Å²) in [6.45, 7) is 0.152. The van der Waals surface area contributed by atoms with Gasteiger partial charge in [-0.1, -0.05) is 30.0 Å². The van der Waals surface area contributed by atoms with E-state index < -0.39 is 5.97 Å². The smallest absolute Gasteiger partial charge is 0.335 e. The van der Waals surface area contributed by atoms with Crippen molar-refractivity contribution in [3.8, 4) is 11.5 Å². The number of rotatable bonds is 3. The summed E-state index contributed by atoms with van der Waals surface area (Å²) in [5.41, 5.74) is 1.27. The van der Waals surface area contributed by atoms with E-state index in [0.29, 0.717) is 26.4 Å². The maximum absolute atomic E-state index is 12.9. The summed E-state index contributed by atoms with van der Waals surface area (Å²) in [5.74, 6) is -0.144. The van der Waals surface area contributed by atoms with Crippen molar-refractivity contribution in [3.05, 3.63) is 56.9 Å². The maximum Gasteiger partial charge on any atom is 0.335 e. The number of thiocarbonyl (C=S) groups is 1. The normalized spacial score (nSPS) is 17.1. The molecule has 0 unspecified atom stereocenters. The molecule has 0 bridgehead atoms. The molecule has 2 aromatic rings. The second-order valence-corrected chi connectivity index (χ2v) is 8.14. The van der Waals surface area contributed by atoms with Crippen LogP contribution in [0.4, 0.5) is 5.69 Å². The number of fused-ring (bicyclic) bond motifs is 1. The van der Waals surface area contributed by atoms with E-state index in [-0.39, 0.29) is 18.3 Å². The van der Waals surface area contributed by atoms with Crippen molar-refractivity contribution in [2.24, 2.45) is 0 Å². The predicted molar refractivity (Wildman–Crippen MR) is 109 cm³/mol. The molecule has 136 valence electrons. The lowest BCUT2D eigenvalue weighted by Gasteiger charge is -2.14. The van der Waals surface area contributed by atoms with Gasteiger partial charge in [-0.15, -0.1) is 0 Å². The third-order valence-corrected chi connectivity index (χ3v) is 5.78. The molecule has 27 heavy (non-hydrogen) atoms. The van der Waals surface area contributed by atoms with Crippen molar-refractivity contribution in [2.75, 3.05) is 11.7 Å². The topological polar surface area (TPSA) is 76.1 Å². The highest BCUT2D eigenvalue weighted by molar-refractivity contribution is 9.10. The number of nitrogens with zero attached hydrogens (tertiary/aromatic N) is 1. The van der Waals surface area contributed by atoms with Crippen LogP contribution in [0.25, 0.3) is 6.08 Å². The lowest BCUT2D eigenvalue weighted by atomic mass is 10.1. The lowest BCUT2D eigenvalue weighted by Crippen LogP contribution is -2.27. The molecule has 9 heteroatoms. The van der Waals surface area contributed by atoms with E-state index in [1.54, 1.807) is 24.3 Å². The number of benzene rings is 2. The second-order valence-electron chi connectivity index (χ2n) is 5.61. The first-order chi connectivity index (χ1) is 12.9. The summed E-state index contributed by atoms with van der Waals surface area (Å²) in [5, 5.41) is 9.15. The first-order valence-corrected chi connectivity index (χ1v) is 9.66. The zero-order valence-electron chi connectivity index (χ0n) is 13.5. The van der Waals surface area contributed by atoms with Gasteiger partial charge in [0.05, 0.1) is 20.6 Å². The molecule has 1 amide bonds. The van der Waals surface area contributed by atoms with Gasteiger partial charge in [0.15, 0.2) is 15.8 Å². The van der Waals surface area contributed by atoms with Crippen LogP contribution in [0.1, 0.15) is 15.9 Å². The fourth-order valence-corrected chi connectivity index (χ4v) is 4.56. The van der Waals surface area contributed by atoms with Gasteiger partial charge in [-0.2, -0.15) is 0 Å². The maximum atomic E-state index is 12.9. The molecule has 1 fully saturated rings. The number of hydrogen-bond acceptors (Lipinski definition) is 6. The molecule has 0 spiro atoms. The van der Waals surface area contributed by atoms with E-state index in [9.17, 15) is 9.59 Å². The summed E-state index contributed by atoms with van der Waals surface area (Å²) in [6.07, 6.45) is 1.72. The van der Waals surface area contributed by atoms with E-state index in [4.69, 9.17) is 26.8 Å². The van der Waals surface area contributed by atoms with Gasteiger partial charge in [0.25, 0.3) is 5.91 Å². The van der Waals surface area contributed by atoms with Gasteiger partial charge in [0.1, 0.15) is 0 Å². The molecule has 2 heterocycles. The van der Waals surface area contributed by atoms with Crippen LogP contribution in [0.2, 0.25) is 0 Å². The Kier molecular flexibility index (Phi) is 4.67. The van der Waals surface area contributed by atoms with E-state index in [1.807, 2.05) is 6.07 Å². The Morgan fingerprint density at radius 2 is 2.11 bits per heavy atom. The SMILES string of the molecule is O=C(O)c1cccc(N2C(=O)/C(=C\c3cc(Br)c4c(c3)OCO4)SC2=S)c1. The highest BCUT2D eigenvalue weighted by Gasteiger charge is 2.33. The standard InChI is InChI=1S/C18H10BrNO5S2/c19-12-4-9(5-13-15(12)25-8-24-13)6-14-16(21)20(18(26)27-14)11-3-1-2-10(7-11)17(22)23/h1-7H,8H2,(H,22,23)/b14-6+. The molecule has 2 aromatic carbocycles. The van der Waals surface area contributed by atoms with Crippen LogP contribution in [0.5, 0.6) is 11.5 Å². The highest BCUT2D eigenvalue weighted by atomic mass is 79.9. The van der Waals surface area contributed by atoms with Gasteiger partial charge in [-0.3, -0.25) is 9.69 Å². The molecular weight excluding hydrogens is 454 g/mol. The summed E-state index contributed by atoms with van der Waals surface area (Å²) >= 11 is 9.92. The Balaban J connectivity index is 1.67. The van der Waals surface area contributed by atoms with Crippen LogP contribution in [0, 0.1) is 0 Å². The first-order valence-electron chi connectivity index (χ1n) is 7.64. The second kappa shape index (κ2) is 6.99. The summed E-state index contributed by atoms with van der Waals surface area (Å²) < 4.78 is 11.8. The van der Waals surface area contributed by atoms with E-state index >= 15 is 0 Å². The first kappa shape index (κ1) is 18.0. The Labute approximate surface area is 171 Å². The number of ether oxygens (including phenoxy) is 2. The molecule has 0 aliphatic carbocycles. The van der Waals surface area contributed by atoms with Crippen molar-refractivity contribution in [3.63, 3.8) is 0 Å². The van der Waals surface area contributed by atoms with Gasteiger partial charge >= 0.3 is 5.97 Å². The number of thioether (sulfide) groups is 1. The van der Waals surface area contributed by atoms with Crippen LogP contribution in [0.3, 0.4) is 0 Å². The molecule has 0 radical (unpaired) electrons. The van der Waals surface area contributed by atoms with E-state index in [1.165, 1.54) is 17.0 Å². The van der Waals surface area contributed by atoms with E-state index in [2.05, 4.69) is 15.9 Å². The molecule has 4 rings (SSSR count). The summed E-state index contributed by atoms with van der Waals surface area (Å²) in [4.78, 5) is 25.8.